The Morgan fingerprint density at radius 2 is 1.89 bits per heavy atom. The van der Waals surface area contributed by atoms with Crippen LogP contribution in [0.3, 0.4) is 0 Å². The predicted molar refractivity (Wildman–Crippen MR) is 173 cm³/mol. The zero-order chi connectivity index (χ0) is 32.7. The fraction of sp³-hybridized carbons (Fsp3) is 0.514. The number of nitrogens with zero attached hydrogens (tertiary/aromatic N) is 1. The summed E-state index contributed by atoms with van der Waals surface area (Å²) in [5.74, 6) is -0.0882. The summed E-state index contributed by atoms with van der Waals surface area (Å²) >= 11 is 1.50. The van der Waals surface area contributed by atoms with Crippen molar-refractivity contribution >= 4 is 38.4 Å². The van der Waals surface area contributed by atoms with Crippen LogP contribution in [0.2, 0.25) is 0 Å². The molecule has 3 saturated carbocycles. The van der Waals surface area contributed by atoms with Crippen molar-refractivity contribution in [1.29, 1.82) is 5.41 Å². The number of hydrogen-bond acceptors (Lipinski definition) is 7. The Bertz CT molecular complexity index is 1660. The topological polar surface area (TPSA) is 105 Å². The molecule has 11 heteroatoms. The Kier molecular flexibility index (Phi) is 9.17. The van der Waals surface area contributed by atoms with Crippen molar-refractivity contribution in [3.05, 3.63) is 64.2 Å². The van der Waals surface area contributed by atoms with E-state index in [1.807, 2.05) is 6.92 Å². The van der Waals surface area contributed by atoms with Gasteiger partial charge in [0.25, 0.3) is 0 Å². The Morgan fingerprint density at radius 1 is 1.15 bits per heavy atom. The molecular formula is C35H40F3N3O4S. The molecule has 0 spiro atoms. The van der Waals surface area contributed by atoms with Crippen molar-refractivity contribution in [2.75, 3.05) is 11.9 Å². The Morgan fingerprint density at radius 3 is 2.54 bits per heavy atom. The second-order valence-corrected chi connectivity index (χ2v) is 14.1. The molecule has 4 atom stereocenters. The summed E-state index contributed by atoms with van der Waals surface area (Å²) < 4.78 is 51.1. The lowest BCUT2D eigenvalue weighted by Crippen LogP contribution is -2.43. The van der Waals surface area contributed by atoms with Crippen LogP contribution in [0.4, 0.5) is 18.3 Å². The third-order valence-corrected chi connectivity index (χ3v) is 10.7. The highest BCUT2D eigenvalue weighted by molar-refractivity contribution is 7.22. The number of ether oxygens (including phenoxy) is 2. The van der Waals surface area contributed by atoms with Gasteiger partial charge in [0, 0.05) is 17.2 Å². The van der Waals surface area contributed by atoms with E-state index < -0.39 is 12.3 Å². The molecule has 1 aromatic heterocycles. The summed E-state index contributed by atoms with van der Waals surface area (Å²) in [6.07, 6.45) is 1.70. The predicted octanol–water partition coefficient (Wildman–Crippen LogP) is 9.19. The van der Waals surface area contributed by atoms with Crippen LogP contribution in [0, 0.1) is 23.2 Å². The van der Waals surface area contributed by atoms with Gasteiger partial charge in [-0.2, -0.15) is 0 Å². The van der Waals surface area contributed by atoms with Gasteiger partial charge in [0.05, 0.1) is 34.2 Å². The maximum atomic E-state index is 13.1. The molecule has 1 heterocycles. The first-order valence-electron chi connectivity index (χ1n) is 16.1. The maximum Gasteiger partial charge on any atom is 0.573 e. The van der Waals surface area contributed by atoms with Crippen molar-refractivity contribution < 1.29 is 32.5 Å². The minimum Gasteiger partial charge on any atom is -0.478 e. The first-order valence-corrected chi connectivity index (χ1v) is 16.9. The molecule has 0 radical (unpaired) electrons. The SMILES string of the molecule is CCC1CC(OC/C(C(=N)c2ccccc2OC(F)(F)F)=C(/C)C2CC2)CC(C)C1Nc1nc2c(C3CC3)cc(C(=O)O)cc2s1. The number of aromatic carboxylic acids is 1. The molecular weight excluding hydrogens is 615 g/mol. The van der Waals surface area contributed by atoms with Crippen LogP contribution in [0.1, 0.15) is 93.1 Å². The number of aromatic nitrogens is 1. The number of carboxylic acid groups (broad SMARTS) is 1. The van der Waals surface area contributed by atoms with Crippen LogP contribution in [-0.2, 0) is 4.74 Å². The standard InChI is InChI=1S/C35H40F3N3O4S/c1-4-20-14-24(44-17-27(19(3)21-9-10-21)30(39)25-7-5-6-8-28(25)45-35(36,37)38)13-18(2)31(20)40-34-41-32-26(22-11-12-22)15-23(33(42)43)16-29(32)46-34/h5-8,15-16,18,20-22,24,31,39H,4,9-14,17H2,1-3H3,(H,40,41)(H,42,43)/b27-19+,39-30?. The summed E-state index contributed by atoms with van der Waals surface area (Å²) in [6.45, 7) is 6.47. The number of fused-ring (bicyclic) bond motifs is 1. The van der Waals surface area contributed by atoms with Crippen LogP contribution in [0.15, 0.2) is 47.5 Å². The van der Waals surface area contributed by atoms with E-state index >= 15 is 0 Å². The van der Waals surface area contributed by atoms with Gasteiger partial charge in [-0.15, -0.1) is 13.2 Å². The molecule has 0 saturated heterocycles. The average molecular weight is 656 g/mol. The molecule has 246 valence electrons. The van der Waals surface area contributed by atoms with E-state index in [-0.39, 0.29) is 47.6 Å². The zero-order valence-corrected chi connectivity index (χ0v) is 27.1. The van der Waals surface area contributed by atoms with Gasteiger partial charge >= 0.3 is 12.3 Å². The Hall–Kier alpha value is -3.44. The number of para-hydroxylation sites is 1. The van der Waals surface area contributed by atoms with Gasteiger partial charge in [0.2, 0.25) is 0 Å². The van der Waals surface area contributed by atoms with E-state index in [4.69, 9.17) is 15.1 Å². The van der Waals surface area contributed by atoms with Crippen LogP contribution in [0.5, 0.6) is 5.75 Å². The Balaban J connectivity index is 1.16. The minimum absolute atomic E-state index is 0.00662. The molecule has 4 unspecified atom stereocenters. The molecule has 7 nitrogen and oxygen atoms in total. The molecule has 3 N–H and O–H groups in total. The van der Waals surface area contributed by atoms with Gasteiger partial charge < -0.3 is 19.9 Å². The lowest BCUT2D eigenvalue weighted by Gasteiger charge is -2.40. The monoisotopic (exact) mass is 655 g/mol. The highest BCUT2D eigenvalue weighted by atomic mass is 32.1. The number of alkyl halides is 3. The maximum absolute atomic E-state index is 13.1. The summed E-state index contributed by atoms with van der Waals surface area (Å²) in [7, 11) is 0. The highest BCUT2D eigenvalue weighted by Gasteiger charge is 2.37. The van der Waals surface area contributed by atoms with Crippen LogP contribution in [0.25, 0.3) is 10.2 Å². The molecule has 46 heavy (non-hydrogen) atoms. The first kappa shape index (κ1) is 32.5. The van der Waals surface area contributed by atoms with Gasteiger partial charge in [-0.25, -0.2) is 9.78 Å². The second kappa shape index (κ2) is 13.0. The van der Waals surface area contributed by atoms with Gasteiger partial charge in [0.1, 0.15) is 5.75 Å². The molecule has 3 aromatic rings. The number of carboxylic acids is 1. The molecule has 3 aliphatic carbocycles. The van der Waals surface area contributed by atoms with Crippen molar-refractivity contribution in [1.82, 2.24) is 4.98 Å². The normalized spacial score (nSPS) is 24.0. The molecule has 0 bridgehead atoms. The number of halogens is 3. The first-order chi connectivity index (χ1) is 21.9. The van der Waals surface area contributed by atoms with Gasteiger partial charge in [0.15, 0.2) is 5.13 Å². The van der Waals surface area contributed by atoms with E-state index in [1.54, 1.807) is 18.2 Å². The number of thiazole rings is 1. The van der Waals surface area contributed by atoms with Crippen LogP contribution < -0.4 is 10.1 Å². The fourth-order valence-electron chi connectivity index (χ4n) is 6.91. The molecule has 6 rings (SSSR count). The number of carbonyl (C=O) groups is 1. The van der Waals surface area contributed by atoms with Gasteiger partial charge in [-0.3, -0.25) is 5.41 Å². The summed E-state index contributed by atoms with van der Waals surface area (Å²) in [6, 6.07) is 9.47. The van der Waals surface area contributed by atoms with E-state index in [1.165, 1.54) is 29.5 Å². The van der Waals surface area contributed by atoms with Crippen molar-refractivity contribution in [2.45, 2.75) is 90.1 Å². The van der Waals surface area contributed by atoms with E-state index in [0.29, 0.717) is 23.0 Å². The van der Waals surface area contributed by atoms with Gasteiger partial charge in [-0.05, 0) is 98.9 Å². The fourth-order valence-corrected chi connectivity index (χ4v) is 7.89. The highest BCUT2D eigenvalue weighted by Crippen LogP contribution is 2.46. The largest absolute Gasteiger partial charge is 0.573 e. The van der Waals surface area contributed by atoms with Crippen LogP contribution >= 0.6 is 11.3 Å². The number of allylic oxidation sites excluding steroid dienone is 1. The second-order valence-electron chi connectivity index (χ2n) is 13.1. The lowest BCUT2D eigenvalue weighted by atomic mass is 9.75. The number of benzene rings is 2. The number of anilines is 1. The smallest absolute Gasteiger partial charge is 0.478 e. The lowest BCUT2D eigenvalue weighted by molar-refractivity contribution is -0.274. The van der Waals surface area contributed by atoms with Crippen molar-refractivity contribution in [2.24, 2.45) is 17.8 Å². The summed E-state index contributed by atoms with van der Waals surface area (Å²) in [5, 5.41) is 23.1. The van der Waals surface area contributed by atoms with E-state index in [9.17, 15) is 23.1 Å². The molecule has 3 fully saturated rings. The van der Waals surface area contributed by atoms with Gasteiger partial charge in [-0.1, -0.05) is 49.3 Å². The van der Waals surface area contributed by atoms with E-state index in [2.05, 4.69) is 23.9 Å². The van der Waals surface area contributed by atoms with Crippen molar-refractivity contribution in [3.8, 4) is 5.75 Å². The molecule has 0 amide bonds. The summed E-state index contributed by atoms with van der Waals surface area (Å²) in [4.78, 5) is 16.7. The minimum atomic E-state index is -4.85. The Labute approximate surface area is 270 Å². The third-order valence-electron chi connectivity index (χ3n) is 9.74. The number of rotatable bonds is 12. The number of nitrogens with one attached hydrogen (secondary N) is 2. The molecule has 2 aromatic carbocycles. The van der Waals surface area contributed by atoms with Crippen LogP contribution in [-0.4, -0.2) is 46.9 Å². The zero-order valence-electron chi connectivity index (χ0n) is 26.2. The van der Waals surface area contributed by atoms with Crippen molar-refractivity contribution in [3.63, 3.8) is 0 Å². The molecule has 0 aliphatic heterocycles. The quantitative estimate of drug-likeness (QED) is 0.168. The third kappa shape index (κ3) is 7.25. The average Bonchev–Trinajstić information content (AvgIpc) is 3.94. The van der Waals surface area contributed by atoms with E-state index in [0.717, 1.165) is 71.4 Å². The summed E-state index contributed by atoms with van der Waals surface area (Å²) in [5.41, 5.74) is 3.96. The number of hydrogen-bond donors (Lipinski definition) is 3. The molecule has 3 aliphatic rings.